The van der Waals surface area contributed by atoms with Gasteiger partial charge in [0.1, 0.15) is 4.70 Å². The number of thiazole rings is 1. The molecule has 132 valence electrons. The average molecular weight is 374 g/mol. The highest BCUT2D eigenvalue weighted by molar-refractivity contribution is 7.54. The first-order chi connectivity index (χ1) is 11.4. The summed E-state index contributed by atoms with van der Waals surface area (Å²) < 4.78 is 24.2. The molecule has 2 aromatic heterocycles. The minimum Gasteiger partial charge on any atom is -0.369 e. The van der Waals surface area contributed by atoms with Gasteiger partial charge in [-0.2, -0.15) is 4.98 Å². The largest absolute Gasteiger partial charge is 0.369 e. The topological polar surface area (TPSA) is 129 Å². The number of rotatable bonds is 8. The van der Waals surface area contributed by atoms with Crippen LogP contribution < -0.4 is 16.2 Å². The standard InChI is InChI=1S/C13H19N4O5PS/c1-3-21-23(20,22-4-2)8-6-5-7-17-10-9(24-13(17)19)11(18)16-12(14)15-10/h5-6H,3-4,7-8H2,1-2H3,(H3,14,15,16,18)/b6-5-. The molecule has 3 N–H and O–H groups in total. The minimum absolute atomic E-state index is 0.0553. The zero-order valence-electron chi connectivity index (χ0n) is 13.4. The van der Waals surface area contributed by atoms with Gasteiger partial charge < -0.3 is 14.8 Å². The van der Waals surface area contributed by atoms with Gasteiger partial charge in [0, 0.05) is 6.54 Å². The summed E-state index contributed by atoms with van der Waals surface area (Å²) in [5, 5.41) is 0. The molecule has 9 nitrogen and oxygen atoms in total. The van der Waals surface area contributed by atoms with Gasteiger partial charge in [-0.15, -0.1) is 0 Å². The molecule has 0 aromatic carbocycles. The van der Waals surface area contributed by atoms with Crippen LogP contribution in [0.1, 0.15) is 13.8 Å². The van der Waals surface area contributed by atoms with Crippen LogP contribution in [0.15, 0.2) is 21.7 Å². The number of fused-ring (bicyclic) bond motifs is 1. The first-order valence-electron chi connectivity index (χ1n) is 7.32. The number of H-pyrrole nitrogens is 1. The Bertz CT molecular complexity index is 890. The lowest BCUT2D eigenvalue weighted by molar-refractivity contribution is 0.222. The van der Waals surface area contributed by atoms with E-state index in [-0.39, 0.29) is 47.1 Å². The Morgan fingerprint density at radius 3 is 2.58 bits per heavy atom. The van der Waals surface area contributed by atoms with Crippen molar-refractivity contribution in [1.82, 2.24) is 14.5 Å². The van der Waals surface area contributed by atoms with Gasteiger partial charge in [-0.3, -0.25) is 23.7 Å². The van der Waals surface area contributed by atoms with Crippen LogP contribution in [0.2, 0.25) is 0 Å². The van der Waals surface area contributed by atoms with E-state index < -0.39 is 13.2 Å². The summed E-state index contributed by atoms with van der Waals surface area (Å²) in [4.78, 5) is 29.8. The van der Waals surface area contributed by atoms with Crippen molar-refractivity contribution in [1.29, 1.82) is 0 Å². The van der Waals surface area contributed by atoms with E-state index >= 15 is 0 Å². The number of nitrogens with two attached hydrogens (primary N) is 1. The Balaban J connectivity index is 2.19. The number of allylic oxidation sites excluding steroid dienone is 2. The van der Waals surface area contributed by atoms with Crippen molar-refractivity contribution < 1.29 is 13.6 Å². The molecule has 0 amide bonds. The predicted octanol–water partition coefficient (Wildman–Crippen LogP) is 1.55. The Morgan fingerprint density at radius 1 is 1.29 bits per heavy atom. The summed E-state index contributed by atoms with van der Waals surface area (Å²) in [7, 11) is -3.16. The van der Waals surface area contributed by atoms with E-state index in [0.29, 0.717) is 0 Å². The highest BCUT2D eigenvalue weighted by Gasteiger charge is 2.21. The maximum Gasteiger partial charge on any atom is 0.334 e. The molecule has 2 heterocycles. The van der Waals surface area contributed by atoms with Crippen LogP contribution in [0.3, 0.4) is 0 Å². The monoisotopic (exact) mass is 374 g/mol. The predicted molar refractivity (Wildman–Crippen MR) is 93.8 cm³/mol. The smallest absolute Gasteiger partial charge is 0.334 e. The number of hydrogen-bond donors (Lipinski definition) is 2. The van der Waals surface area contributed by atoms with Gasteiger partial charge in [0.05, 0.1) is 19.4 Å². The van der Waals surface area contributed by atoms with Crippen LogP contribution >= 0.6 is 18.9 Å². The van der Waals surface area contributed by atoms with Crippen molar-refractivity contribution in [2.24, 2.45) is 0 Å². The quantitative estimate of drug-likeness (QED) is 0.530. The van der Waals surface area contributed by atoms with Crippen molar-refractivity contribution in [2.75, 3.05) is 25.1 Å². The first-order valence-corrected chi connectivity index (χ1v) is 9.87. The maximum absolute atomic E-state index is 12.3. The fourth-order valence-electron chi connectivity index (χ4n) is 2.05. The lowest BCUT2D eigenvalue weighted by Crippen LogP contribution is -2.15. The maximum atomic E-state index is 12.3. The molecule has 0 atom stereocenters. The lowest BCUT2D eigenvalue weighted by atomic mass is 10.5. The van der Waals surface area contributed by atoms with E-state index in [1.165, 1.54) is 4.57 Å². The summed E-state index contributed by atoms with van der Waals surface area (Å²) in [6, 6.07) is 0. The molecule has 0 aliphatic carbocycles. The highest BCUT2D eigenvalue weighted by Crippen LogP contribution is 2.47. The molecule has 0 unspecified atom stereocenters. The van der Waals surface area contributed by atoms with Crippen molar-refractivity contribution in [3.8, 4) is 0 Å². The number of aromatic nitrogens is 3. The Morgan fingerprint density at radius 2 is 1.96 bits per heavy atom. The van der Waals surface area contributed by atoms with Crippen LogP contribution in [0.4, 0.5) is 5.95 Å². The van der Waals surface area contributed by atoms with Crippen LogP contribution in [0.25, 0.3) is 10.3 Å². The van der Waals surface area contributed by atoms with E-state index in [9.17, 15) is 14.2 Å². The number of nitrogens with zero attached hydrogens (tertiary/aromatic N) is 2. The highest BCUT2D eigenvalue weighted by atomic mass is 32.1. The van der Waals surface area contributed by atoms with Crippen LogP contribution in [-0.4, -0.2) is 33.9 Å². The number of nitrogens with one attached hydrogen (secondary N) is 1. The molecule has 0 fully saturated rings. The van der Waals surface area contributed by atoms with Gasteiger partial charge in [-0.05, 0) is 13.8 Å². The summed E-state index contributed by atoms with van der Waals surface area (Å²) in [5.41, 5.74) is 5.30. The fraction of sp³-hybridized carbons (Fsp3) is 0.462. The summed E-state index contributed by atoms with van der Waals surface area (Å²) in [6.45, 7) is 4.21. The third kappa shape index (κ3) is 4.21. The van der Waals surface area contributed by atoms with Crippen molar-refractivity contribution >= 4 is 35.2 Å². The average Bonchev–Trinajstić information content (AvgIpc) is 2.81. The van der Waals surface area contributed by atoms with Gasteiger partial charge >= 0.3 is 12.5 Å². The van der Waals surface area contributed by atoms with Gasteiger partial charge in [-0.25, -0.2) is 0 Å². The Labute approximate surface area is 141 Å². The molecule has 0 aliphatic heterocycles. The van der Waals surface area contributed by atoms with E-state index in [1.54, 1.807) is 26.0 Å². The van der Waals surface area contributed by atoms with Gasteiger partial charge in [-0.1, -0.05) is 23.5 Å². The molecule has 0 saturated heterocycles. The molecule has 24 heavy (non-hydrogen) atoms. The third-order valence-corrected chi connectivity index (χ3v) is 5.91. The summed E-state index contributed by atoms with van der Waals surface area (Å²) in [5.74, 6) is -0.0553. The van der Waals surface area contributed by atoms with Crippen LogP contribution in [0.5, 0.6) is 0 Å². The van der Waals surface area contributed by atoms with Crippen molar-refractivity contribution in [3.63, 3.8) is 0 Å². The van der Waals surface area contributed by atoms with E-state index in [1.807, 2.05) is 0 Å². The van der Waals surface area contributed by atoms with Gasteiger partial charge in [0.15, 0.2) is 5.65 Å². The zero-order chi connectivity index (χ0) is 17.7. The molecule has 0 saturated carbocycles. The molecule has 0 aliphatic rings. The molecule has 0 radical (unpaired) electrons. The second-order valence-corrected chi connectivity index (χ2v) is 7.75. The van der Waals surface area contributed by atoms with E-state index in [0.717, 1.165) is 11.3 Å². The molecule has 11 heteroatoms. The number of nitrogen functional groups attached to an aromatic ring is 1. The Hall–Kier alpha value is -1.74. The second kappa shape index (κ2) is 7.89. The molecule has 0 spiro atoms. The molecule has 0 bridgehead atoms. The summed E-state index contributed by atoms with van der Waals surface area (Å²) >= 11 is 0.801. The van der Waals surface area contributed by atoms with E-state index in [2.05, 4.69) is 9.97 Å². The number of aromatic amines is 1. The number of hydrogen-bond acceptors (Lipinski definition) is 8. The van der Waals surface area contributed by atoms with E-state index in [4.69, 9.17) is 14.8 Å². The van der Waals surface area contributed by atoms with Gasteiger partial charge in [0.2, 0.25) is 5.95 Å². The third-order valence-electron chi connectivity index (χ3n) is 2.98. The van der Waals surface area contributed by atoms with Crippen LogP contribution in [0, 0.1) is 0 Å². The zero-order valence-corrected chi connectivity index (χ0v) is 15.1. The van der Waals surface area contributed by atoms with Gasteiger partial charge in [0.25, 0.3) is 5.56 Å². The fourth-order valence-corrected chi connectivity index (χ4v) is 4.37. The van der Waals surface area contributed by atoms with Crippen molar-refractivity contribution in [3.05, 3.63) is 32.2 Å². The molecular formula is C13H19N4O5PS. The minimum atomic E-state index is -3.16. The van der Waals surface area contributed by atoms with Crippen molar-refractivity contribution in [2.45, 2.75) is 20.4 Å². The Kier molecular flexibility index (Phi) is 6.11. The lowest BCUT2D eigenvalue weighted by Gasteiger charge is -2.14. The normalized spacial score (nSPS) is 12.4. The first kappa shape index (κ1) is 18.6. The SMILES string of the molecule is CCOP(=O)(C/C=C\Cn1c(=O)sc2c(=O)[nH]c(N)nc21)OCC. The number of anilines is 1. The molecule has 2 rings (SSSR count). The molecular weight excluding hydrogens is 355 g/mol. The molecule has 2 aromatic rings. The summed E-state index contributed by atoms with van der Waals surface area (Å²) in [6.07, 6.45) is 3.37. The second-order valence-electron chi connectivity index (χ2n) is 4.68. The van der Waals surface area contributed by atoms with Crippen LogP contribution in [-0.2, 0) is 20.2 Å².